The summed E-state index contributed by atoms with van der Waals surface area (Å²) in [5.74, 6) is -0.472. The van der Waals surface area contributed by atoms with Gasteiger partial charge in [0.2, 0.25) is 0 Å². The standard InChI is InChI=1S/C15H16ClNO4/c16-11-1-2-12-10(7-11)8-13(21-12)14(18)17-5-3-9(4-6-17)15(19)20/h1-2,7,9,13H,3-6,8H2,(H,19,20)/t13-/m0/s1. The van der Waals surface area contributed by atoms with Crippen LogP contribution in [0.3, 0.4) is 0 Å². The number of carboxylic acids is 1. The number of halogens is 1. The van der Waals surface area contributed by atoms with E-state index in [9.17, 15) is 9.59 Å². The van der Waals surface area contributed by atoms with E-state index >= 15 is 0 Å². The van der Waals surface area contributed by atoms with E-state index in [1.807, 2.05) is 6.07 Å². The summed E-state index contributed by atoms with van der Waals surface area (Å²) in [5.41, 5.74) is 0.946. The molecule has 2 aliphatic rings. The van der Waals surface area contributed by atoms with E-state index < -0.39 is 12.1 Å². The van der Waals surface area contributed by atoms with E-state index in [1.165, 1.54) is 0 Å². The van der Waals surface area contributed by atoms with Gasteiger partial charge in [-0.05, 0) is 36.6 Å². The number of benzene rings is 1. The minimum Gasteiger partial charge on any atom is -0.481 e. The van der Waals surface area contributed by atoms with Crippen molar-refractivity contribution in [2.45, 2.75) is 25.4 Å². The van der Waals surface area contributed by atoms with Crippen molar-refractivity contribution in [3.05, 3.63) is 28.8 Å². The Morgan fingerprint density at radius 1 is 1.29 bits per heavy atom. The molecule has 0 saturated carbocycles. The summed E-state index contributed by atoms with van der Waals surface area (Å²) in [6, 6.07) is 5.34. The van der Waals surface area contributed by atoms with Gasteiger partial charge >= 0.3 is 5.97 Å². The van der Waals surface area contributed by atoms with E-state index in [2.05, 4.69) is 0 Å². The molecule has 1 saturated heterocycles. The Morgan fingerprint density at radius 2 is 2.00 bits per heavy atom. The van der Waals surface area contributed by atoms with Crippen LogP contribution in [-0.4, -0.2) is 41.1 Å². The molecule has 112 valence electrons. The average Bonchev–Trinajstić information content (AvgIpc) is 2.89. The number of fused-ring (bicyclic) bond motifs is 1. The highest BCUT2D eigenvalue weighted by atomic mass is 35.5. The zero-order valence-corrected chi connectivity index (χ0v) is 12.2. The van der Waals surface area contributed by atoms with Gasteiger partial charge in [0.25, 0.3) is 5.91 Å². The van der Waals surface area contributed by atoms with Gasteiger partial charge in [-0.25, -0.2) is 0 Å². The molecule has 1 fully saturated rings. The number of likely N-dealkylation sites (tertiary alicyclic amines) is 1. The number of carbonyl (C=O) groups is 2. The molecule has 21 heavy (non-hydrogen) atoms. The highest BCUT2D eigenvalue weighted by molar-refractivity contribution is 6.30. The van der Waals surface area contributed by atoms with Crippen LogP contribution in [0.25, 0.3) is 0 Å². The van der Waals surface area contributed by atoms with Crippen molar-refractivity contribution < 1.29 is 19.4 Å². The van der Waals surface area contributed by atoms with Gasteiger partial charge in [0.05, 0.1) is 5.92 Å². The average molecular weight is 310 g/mol. The van der Waals surface area contributed by atoms with Crippen LogP contribution in [-0.2, 0) is 16.0 Å². The lowest BCUT2D eigenvalue weighted by Gasteiger charge is -2.31. The van der Waals surface area contributed by atoms with E-state index in [1.54, 1.807) is 17.0 Å². The monoisotopic (exact) mass is 309 g/mol. The van der Waals surface area contributed by atoms with Crippen molar-refractivity contribution in [2.24, 2.45) is 5.92 Å². The van der Waals surface area contributed by atoms with E-state index in [0.29, 0.717) is 43.1 Å². The minimum atomic E-state index is -0.777. The van der Waals surface area contributed by atoms with Gasteiger partial charge in [-0.1, -0.05) is 11.6 Å². The topological polar surface area (TPSA) is 66.8 Å². The number of carbonyl (C=O) groups excluding carboxylic acids is 1. The summed E-state index contributed by atoms with van der Waals surface area (Å²) in [6.45, 7) is 0.958. The molecule has 3 rings (SSSR count). The van der Waals surface area contributed by atoms with Gasteiger partial charge in [-0.3, -0.25) is 9.59 Å². The van der Waals surface area contributed by atoms with Crippen molar-refractivity contribution in [3.63, 3.8) is 0 Å². The van der Waals surface area contributed by atoms with Crippen LogP contribution in [0, 0.1) is 5.92 Å². The number of ether oxygens (including phenoxy) is 1. The Hall–Kier alpha value is -1.75. The molecule has 0 radical (unpaired) electrons. The third-order valence-corrected chi connectivity index (χ3v) is 4.36. The first kappa shape index (κ1) is 14.2. The number of piperidine rings is 1. The van der Waals surface area contributed by atoms with Crippen molar-refractivity contribution in [3.8, 4) is 5.75 Å². The van der Waals surface area contributed by atoms with Crippen molar-refractivity contribution in [1.82, 2.24) is 4.90 Å². The van der Waals surface area contributed by atoms with Crippen LogP contribution in [0.4, 0.5) is 0 Å². The third kappa shape index (κ3) is 2.83. The van der Waals surface area contributed by atoms with Crippen LogP contribution < -0.4 is 4.74 Å². The molecule has 1 amide bonds. The first-order chi connectivity index (χ1) is 10.0. The van der Waals surface area contributed by atoms with Crippen molar-refractivity contribution in [1.29, 1.82) is 0 Å². The first-order valence-electron chi connectivity index (χ1n) is 7.01. The smallest absolute Gasteiger partial charge is 0.306 e. The lowest BCUT2D eigenvalue weighted by molar-refractivity contribution is -0.147. The minimum absolute atomic E-state index is 0.0637. The Balaban J connectivity index is 1.62. The Labute approximate surface area is 127 Å². The molecule has 1 aromatic carbocycles. The van der Waals surface area contributed by atoms with Crippen molar-refractivity contribution in [2.75, 3.05) is 13.1 Å². The fourth-order valence-corrected chi connectivity index (χ4v) is 3.10. The Kier molecular flexibility index (Phi) is 3.76. The van der Waals surface area contributed by atoms with Crippen LogP contribution in [0.2, 0.25) is 5.02 Å². The summed E-state index contributed by atoms with van der Waals surface area (Å²) in [5, 5.41) is 9.61. The first-order valence-corrected chi connectivity index (χ1v) is 7.39. The highest BCUT2D eigenvalue weighted by Gasteiger charge is 2.35. The largest absolute Gasteiger partial charge is 0.481 e. The number of nitrogens with zero attached hydrogens (tertiary/aromatic N) is 1. The van der Waals surface area contributed by atoms with Gasteiger partial charge in [-0.2, -0.15) is 0 Å². The van der Waals surface area contributed by atoms with Crippen LogP contribution in [0.15, 0.2) is 18.2 Å². The molecule has 6 heteroatoms. The van der Waals surface area contributed by atoms with Gasteiger partial charge in [0, 0.05) is 24.5 Å². The number of amides is 1. The Bertz CT molecular complexity index is 581. The molecule has 0 spiro atoms. The number of carboxylic acid groups (broad SMARTS) is 1. The normalized spacial score (nSPS) is 21.8. The van der Waals surface area contributed by atoms with Crippen LogP contribution >= 0.6 is 11.6 Å². The summed E-state index contributed by atoms with van der Waals surface area (Å²) in [6.07, 6.45) is 1.02. The van der Waals surface area contributed by atoms with Gasteiger partial charge < -0.3 is 14.7 Å². The number of rotatable bonds is 2. The molecular weight excluding hydrogens is 294 g/mol. The molecular formula is C15H16ClNO4. The molecule has 5 nitrogen and oxygen atoms in total. The SMILES string of the molecule is O=C(O)C1CCN(C(=O)[C@@H]2Cc3cc(Cl)ccc3O2)CC1. The van der Waals surface area contributed by atoms with Gasteiger partial charge in [0.1, 0.15) is 5.75 Å². The van der Waals surface area contributed by atoms with E-state index in [-0.39, 0.29) is 11.8 Å². The number of hydrogen-bond donors (Lipinski definition) is 1. The molecule has 0 bridgehead atoms. The lowest BCUT2D eigenvalue weighted by Crippen LogP contribution is -2.46. The van der Waals surface area contributed by atoms with Crippen LogP contribution in [0.1, 0.15) is 18.4 Å². The quantitative estimate of drug-likeness (QED) is 0.907. The summed E-state index contributed by atoms with van der Waals surface area (Å²) >= 11 is 5.94. The zero-order valence-electron chi connectivity index (χ0n) is 11.4. The molecule has 0 aliphatic carbocycles. The molecule has 0 unspecified atom stereocenters. The maximum absolute atomic E-state index is 12.5. The second-order valence-electron chi connectivity index (χ2n) is 5.50. The molecule has 1 N–H and O–H groups in total. The molecule has 1 aromatic rings. The fourth-order valence-electron chi connectivity index (χ4n) is 2.91. The van der Waals surface area contributed by atoms with Crippen LogP contribution in [0.5, 0.6) is 5.75 Å². The number of hydrogen-bond acceptors (Lipinski definition) is 3. The molecule has 2 heterocycles. The predicted octanol–water partition coefficient (Wildman–Crippen LogP) is 1.97. The zero-order chi connectivity index (χ0) is 15.0. The second kappa shape index (κ2) is 5.56. The molecule has 2 aliphatic heterocycles. The molecule has 0 aromatic heterocycles. The summed E-state index contributed by atoms with van der Waals surface area (Å²) in [4.78, 5) is 25.1. The second-order valence-corrected chi connectivity index (χ2v) is 5.94. The van der Waals surface area contributed by atoms with Crippen molar-refractivity contribution >= 4 is 23.5 Å². The summed E-state index contributed by atoms with van der Waals surface area (Å²) in [7, 11) is 0. The van der Waals surface area contributed by atoms with E-state index in [0.717, 1.165) is 5.56 Å². The highest BCUT2D eigenvalue weighted by Crippen LogP contribution is 2.32. The molecule has 1 atom stereocenters. The number of aliphatic carboxylic acids is 1. The Morgan fingerprint density at radius 3 is 2.67 bits per heavy atom. The summed E-state index contributed by atoms with van der Waals surface area (Å²) < 4.78 is 5.69. The predicted molar refractivity (Wildman–Crippen MR) is 76.5 cm³/mol. The van der Waals surface area contributed by atoms with Gasteiger partial charge in [0.15, 0.2) is 6.10 Å². The van der Waals surface area contributed by atoms with Gasteiger partial charge in [-0.15, -0.1) is 0 Å². The van der Waals surface area contributed by atoms with E-state index in [4.69, 9.17) is 21.4 Å². The lowest BCUT2D eigenvalue weighted by atomic mass is 9.96. The third-order valence-electron chi connectivity index (χ3n) is 4.13. The maximum Gasteiger partial charge on any atom is 0.306 e. The fraction of sp³-hybridized carbons (Fsp3) is 0.467. The maximum atomic E-state index is 12.5.